The average molecular weight is 446 g/mol. The van der Waals surface area contributed by atoms with Crippen LogP contribution in [0.5, 0.6) is 0 Å². The number of hydrogen-bond acceptors (Lipinski definition) is 8. The number of carbonyl (C=O) groups is 1. The summed E-state index contributed by atoms with van der Waals surface area (Å²) in [6.45, 7) is 0. The second-order valence-corrected chi connectivity index (χ2v) is 6.95. The molecule has 15 heteroatoms. The molecule has 0 spiro atoms. The van der Waals surface area contributed by atoms with Gasteiger partial charge in [-0.15, -0.1) is 0 Å². The molecule has 0 aliphatic carbocycles. The van der Waals surface area contributed by atoms with E-state index in [9.17, 15) is 27.9 Å². The minimum Gasteiger partial charge on any atom is -0.315 e. The summed E-state index contributed by atoms with van der Waals surface area (Å²) in [6.07, 6.45) is 0. The summed E-state index contributed by atoms with van der Waals surface area (Å²) in [6, 6.07) is 13.0. The van der Waals surface area contributed by atoms with Gasteiger partial charge in [0, 0.05) is 17.0 Å². The molecule has 3 N–H and O–H groups in total. The van der Waals surface area contributed by atoms with Gasteiger partial charge in [-0.25, -0.2) is 15.0 Å². The van der Waals surface area contributed by atoms with Crippen LogP contribution in [0.25, 0.3) is 0 Å². The Balaban J connectivity index is 0.00000320. The molecule has 0 saturated heterocycles. The van der Waals surface area contributed by atoms with Gasteiger partial charge in [-0.2, -0.15) is 8.42 Å². The van der Waals surface area contributed by atoms with Crippen LogP contribution in [0.4, 0.5) is 11.4 Å². The van der Waals surface area contributed by atoms with Crippen molar-refractivity contribution in [3.8, 4) is 0 Å². The summed E-state index contributed by atoms with van der Waals surface area (Å²) in [5.41, 5.74) is 2.58. The van der Waals surface area contributed by atoms with Crippen LogP contribution in [0, 0.1) is 10.1 Å². The number of hydrazine groups is 4. The van der Waals surface area contributed by atoms with E-state index in [0.29, 0.717) is 10.8 Å². The number of hydrazone groups is 1. The molecule has 2 aromatic rings. The molecule has 3 rings (SSSR count). The van der Waals surface area contributed by atoms with Crippen LogP contribution in [0.1, 0.15) is 0 Å². The van der Waals surface area contributed by atoms with E-state index in [1.807, 2.05) is 0 Å². The number of rotatable bonds is 6. The van der Waals surface area contributed by atoms with E-state index in [2.05, 4.69) is 10.9 Å². The van der Waals surface area contributed by atoms with E-state index in [0.717, 1.165) is 22.1 Å². The van der Waals surface area contributed by atoms with Crippen LogP contribution < -0.4 is 40.4 Å². The Morgan fingerprint density at radius 1 is 1.23 bits per heavy atom. The van der Waals surface area contributed by atoms with Gasteiger partial charge in [-0.3, -0.25) is 9.35 Å². The van der Waals surface area contributed by atoms with Crippen LogP contribution in [-0.4, -0.2) is 51.9 Å². The minimum atomic E-state index is -4.56. The third kappa shape index (κ3) is 4.93. The van der Waals surface area contributed by atoms with E-state index in [-0.39, 0.29) is 35.2 Å². The van der Waals surface area contributed by atoms with Crippen LogP contribution in [0.3, 0.4) is 0 Å². The van der Waals surface area contributed by atoms with Crippen molar-refractivity contribution in [3.05, 3.63) is 64.7 Å². The molecular formula is C15H15N6NaO7S+2. The first-order chi connectivity index (χ1) is 13.7. The number of benzene rings is 2. The fraction of sp³-hybridized carbons (Fsp3) is 0.0667. The fourth-order valence-electron chi connectivity index (χ4n) is 2.49. The standard InChI is InChI=1S/C15H14N6O7S.Na/c1-28-20-17-19(21(23)24)15(14(22)16-11-6-3-2-4-7-11)18(20)12-8-5-9-13(10-12)29(25,26)27;/h2-10H,1H3,(H2-,16,17,22,25,26,27);/q;+1/p+1. The maximum Gasteiger partial charge on any atom is 1.00 e. The molecule has 0 saturated carbocycles. The SMILES string of the molecule is CON1NN([N+](=O)[O-])C(C(=O)Nc2ccccc2)=[N+]1c1cccc(S(=O)(=O)O)c1.[Na+]. The quantitative estimate of drug-likeness (QED) is 0.140. The first-order valence-corrected chi connectivity index (χ1v) is 9.32. The van der Waals surface area contributed by atoms with Gasteiger partial charge < -0.3 is 5.32 Å². The Morgan fingerprint density at radius 3 is 2.47 bits per heavy atom. The maximum absolute atomic E-state index is 12.8. The minimum absolute atomic E-state index is 0. The predicted molar refractivity (Wildman–Crippen MR) is 97.1 cm³/mol. The molecule has 1 aliphatic rings. The zero-order valence-electron chi connectivity index (χ0n) is 15.8. The van der Waals surface area contributed by atoms with Crippen molar-refractivity contribution in [2.24, 2.45) is 0 Å². The molecule has 13 nitrogen and oxygen atoms in total. The predicted octanol–water partition coefficient (Wildman–Crippen LogP) is -2.68. The largest absolute Gasteiger partial charge is 1.00 e. The smallest absolute Gasteiger partial charge is 0.315 e. The summed E-state index contributed by atoms with van der Waals surface area (Å²) in [5.74, 6) is -1.44. The number of amidine groups is 1. The van der Waals surface area contributed by atoms with Gasteiger partial charge in [-0.1, -0.05) is 28.9 Å². The average Bonchev–Trinajstić information content (AvgIpc) is 3.08. The van der Waals surface area contributed by atoms with Gasteiger partial charge in [0.2, 0.25) is 0 Å². The molecule has 0 bridgehead atoms. The molecular weight excluding hydrogens is 431 g/mol. The molecule has 1 heterocycles. The molecule has 0 fully saturated rings. The number of carbonyl (C=O) groups excluding carboxylic acids is 1. The summed E-state index contributed by atoms with van der Waals surface area (Å²) in [4.78, 5) is 28.8. The monoisotopic (exact) mass is 446 g/mol. The van der Waals surface area contributed by atoms with E-state index in [1.54, 1.807) is 30.3 Å². The summed E-state index contributed by atoms with van der Waals surface area (Å²) < 4.78 is 33.1. The molecule has 1 amide bonds. The topological polar surface area (TPSA) is 157 Å². The molecule has 152 valence electrons. The van der Waals surface area contributed by atoms with Gasteiger partial charge in [-0.05, 0) is 24.3 Å². The maximum atomic E-state index is 12.8. The molecule has 0 aromatic heterocycles. The van der Waals surface area contributed by atoms with Gasteiger partial charge in [0.25, 0.3) is 15.2 Å². The number of nitrogens with zero attached hydrogens (tertiary/aromatic N) is 4. The first-order valence-electron chi connectivity index (χ1n) is 7.88. The van der Waals surface area contributed by atoms with Crippen LogP contribution in [0.15, 0.2) is 59.5 Å². The van der Waals surface area contributed by atoms with Crippen LogP contribution in [0.2, 0.25) is 0 Å². The first kappa shape index (κ1) is 23.7. The second kappa shape index (κ2) is 9.48. The number of para-hydroxylation sites is 1. The number of anilines is 1. The van der Waals surface area contributed by atoms with Gasteiger partial charge in [0.15, 0.2) is 10.8 Å². The number of hydrogen-bond donors (Lipinski definition) is 3. The van der Waals surface area contributed by atoms with E-state index >= 15 is 0 Å². The van der Waals surface area contributed by atoms with Crippen molar-refractivity contribution in [3.63, 3.8) is 0 Å². The van der Waals surface area contributed by atoms with Gasteiger partial charge in [0.05, 0.1) is 17.5 Å². The third-order valence-electron chi connectivity index (χ3n) is 3.69. The zero-order valence-corrected chi connectivity index (χ0v) is 18.6. The Hall–Kier alpha value is -2.59. The molecule has 2 aromatic carbocycles. The number of amides is 1. The molecule has 1 aliphatic heterocycles. The van der Waals surface area contributed by atoms with Gasteiger partial charge in [0.1, 0.15) is 0 Å². The van der Waals surface area contributed by atoms with E-state index < -0.39 is 31.8 Å². The second-order valence-electron chi connectivity index (χ2n) is 5.53. The molecule has 30 heavy (non-hydrogen) atoms. The zero-order chi connectivity index (χ0) is 21.2. The molecule has 0 unspecified atom stereocenters. The third-order valence-corrected chi connectivity index (χ3v) is 4.54. The normalized spacial score (nSPS) is 13.8. The summed E-state index contributed by atoms with van der Waals surface area (Å²) in [5, 5.41) is 14.1. The van der Waals surface area contributed by atoms with Crippen molar-refractivity contribution in [1.82, 2.24) is 15.9 Å². The summed E-state index contributed by atoms with van der Waals surface area (Å²) >= 11 is 0. The number of nitrogens with one attached hydrogen (secondary N) is 2. The van der Waals surface area contributed by atoms with Crippen molar-refractivity contribution in [2.45, 2.75) is 4.90 Å². The molecule has 0 radical (unpaired) electrons. The Morgan fingerprint density at radius 2 is 1.90 bits per heavy atom. The van der Waals surface area contributed by atoms with E-state index in [1.165, 1.54) is 19.2 Å². The van der Waals surface area contributed by atoms with Crippen molar-refractivity contribution >= 4 is 33.2 Å². The van der Waals surface area contributed by atoms with Crippen molar-refractivity contribution in [2.75, 3.05) is 12.4 Å². The Bertz CT molecular complexity index is 1100. The summed E-state index contributed by atoms with van der Waals surface area (Å²) in [7, 11) is -3.39. The molecule has 0 atom stereocenters. The number of nitro groups is 1. The van der Waals surface area contributed by atoms with Crippen LogP contribution in [-0.2, 0) is 19.8 Å². The van der Waals surface area contributed by atoms with Gasteiger partial charge >= 0.3 is 41.3 Å². The Labute approximate surface area is 192 Å². The van der Waals surface area contributed by atoms with Crippen molar-refractivity contribution < 1.29 is 61.9 Å². The fourth-order valence-corrected chi connectivity index (χ4v) is 3.01. The Kier molecular flexibility index (Phi) is 7.49. The van der Waals surface area contributed by atoms with Crippen LogP contribution >= 0.6 is 0 Å². The van der Waals surface area contributed by atoms with E-state index in [4.69, 9.17) is 4.84 Å². The van der Waals surface area contributed by atoms with Crippen molar-refractivity contribution in [1.29, 1.82) is 0 Å².